The maximum absolute atomic E-state index is 14.3. The quantitative estimate of drug-likeness (QED) is 0.879. The Kier molecular flexibility index (Phi) is 1.80. The second-order valence-corrected chi connectivity index (χ2v) is 4.84. The van der Waals surface area contributed by atoms with E-state index in [1.807, 2.05) is 0 Å². The fourth-order valence-electron chi connectivity index (χ4n) is 2.07. The topological polar surface area (TPSA) is 46.5 Å². The van der Waals surface area contributed by atoms with Crippen LogP contribution in [0.3, 0.4) is 0 Å². The highest BCUT2D eigenvalue weighted by Gasteiger charge is 2.29. The number of rotatable bonds is 5. The van der Waals surface area contributed by atoms with Gasteiger partial charge in [-0.05, 0) is 49.0 Å². The lowest BCUT2D eigenvalue weighted by molar-refractivity contribution is 0.0691. The van der Waals surface area contributed by atoms with Gasteiger partial charge >= 0.3 is 5.97 Å². The molecule has 0 bridgehead atoms. The number of benzene rings is 1. The SMILES string of the molecule is [2H]C1([2H])C([2H])([2H])C([2H])([2H])C([2H])(COc2cc(F)c(C(=O)O)cc2C2CC2)C([2H])([2H])C1([2H])[2H]. The van der Waals surface area contributed by atoms with Gasteiger partial charge in [0, 0.05) is 21.1 Å². The van der Waals surface area contributed by atoms with Crippen molar-refractivity contribution >= 4 is 5.97 Å². The van der Waals surface area contributed by atoms with Crippen molar-refractivity contribution in [2.75, 3.05) is 6.61 Å². The second-order valence-electron chi connectivity index (χ2n) is 4.84. The Hall–Kier alpha value is -1.58. The molecule has 0 unspecified atom stereocenters. The molecule has 3 nitrogen and oxygen atoms in total. The minimum absolute atomic E-state index is 0.197. The Morgan fingerprint density at radius 3 is 2.71 bits per heavy atom. The van der Waals surface area contributed by atoms with Crippen LogP contribution in [-0.2, 0) is 0 Å². The zero-order valence-corrected chi connectivity index (χ0v) is 11.0. The summed E-state index contributed by atoms with van der Waals surface area (Å²) in [5, 5.41) is 9.13. The Morgan fingerprint density at radius 2 is 2.10 bits per heavy atom. The van der Waals surface area contributed by atoms with Crippen LogP contribution in [0.1, 0.15) is 81.6 Å². The Balaban J connectivity index is 2.08. The van der Waals surface area contributed by atoms with Crippen LogP contribution >= 0.6 is 0 Å². The van der Waals surface area contributed by atoms with Gasteiger partial charge in [0.2, 0.25) is 0 Å². The number of hydrogen-bond donors (Lipinski definition) is 1. The molecule has 2 aliphatic rings. The largest absolute Gasteiger partial charge is 0.493 e. The van der Waals surface area contributed by atoms with Crippen molar-refractivity contribution in [3.8, 4) is 5.75 Å². The Labute approximate surface area is 139 Å². The average Bonchev–Trinajstić information content (AvgIpc) is 3.49. The van der Waals surface area contributed by atoms with Crippen molar-refractivity contribution in [2.45, 2.75) is 50.6 Å². The van der Waals surface area contributed by atoms with E-state index >= 15 is 0 Å². The molecule has 0 aromatic heterocycles. The zero-order chi connectivity index (χ0) is 24.7. The smallest absolute Gasteiger partial charge is 0.338 e. The third kappa shape index (κ3) is 3.36. The van der Waals surface area contributed by atoms with E-state index in [0.29, 0.717) is 18.9 Å². The van der Waals surface area contributed by atoms with Gasteiger partial charge in [0.15, 0.2) is 0 Å². The van der Waals surface area contributed by atoms with Crippen molar-refractivity contribution in [1.29, 1.82) is 0 Å². The summed E-state index contributed by atoms with van der Waals surface area (Å²) >= 11 is 0. The molecule has 0 heterocycles. The molecule has 2 fully saturated rings. The highest BCUT2D eigenvalue weighted by atomic mass is 19.1. The van der Waals surface area contributed by atoms with Gasteiger partial charge in [-0.2, -0.15) is 0 Å². The Morgan fingerprint density at radius 1 is 1.38 bits per heavy atom. The van der Waals surface area contributed by atoms with Crippen LogP contribution in [0.4, 0.5) is 4.39 Å². The molecule has 0 spiro atoms. The van der Waals surface area contributed by atoms with Crippen molar-refractivity contribution < 1.29 is 34.1 Å². The summed E-state index contributed by atoms with van der Waals surface area (Å²) in [4.78, 5) is 11.2. The summed E-state index contributed by atoms with van der Waals surface area (Å²) < 4.78 is 108. The second kappa shape index (κ2) is 6.04. The monoisotopic (exact) mass is 303 g/mol. The first kappa shape index (κ1) is 6.27. The molecule has 21 heavy (non-hydrogen) atoms. The third-order valence-electron chi connectivity index (χ3n) is 3.27. The standard InChI is InChI=1S/C17H21FO3/c18-15-9-16(21-10-11-4-2-1-3-5-11)13(12-6-7-12)8-14(15)17(19)20/h8-9,11-12H,1-7,10H2,(H,19,20)/i1D2,2D2,3D2,4D2,5D2,11D. The highest BCUT2D eigenvalue weighted by molar-refractivity contribution is 5.88. The van der Waals surface area contributed by atoms with Crippen molar-refractivity contribution in [1.82, 2.24) is 0 Å². The summed E-state index contributed by atoms with van der Waals surface area (Å²) in [5.41, 5.74) is -0.394. The molecule has 3 rings (SSSR count). The van der Waals surface area contributed by atoms with Crippen LogP contribution in [0.25, 0.3) is 0 Å². The summed E-state index contributed by atoms with van der Waals surface area (Å²) in [6, 6.07) is 1.74. The van der Waals surface area contributed by atoms with E-state index in [9.17, 15) is 9.18 Å². The molecule has 1 aromatic rings. The molecule has 2 aliphatic carbocycles. The molecule has 1 N–H and O–H groups in total. The number of carbonyl (C=O) groups is 1. The predicted molar refractivity (Wildman–Crippen MR) is 77.4 cm³/mol. The molecule has 0 amide bonds. The van der Waals surface area contributed by atoms with Crippen LogP contribution in [0.2, 0.25) is 0 Å². The molecule has 2 saturated carbocycles. The van der Waals surface area contributed by atoms with Gasteiger partial charge in [-0.15, -0.1) is 0 Å². The molecule has 0 radical (unpaired) electrons. The van der Waals surface area contributed by atoms with E-state index in [1.165, 1.54) is 0 Å². The maximum atomic E-state index is 14.3. The lowest BCUT2D eigenvalue weighted by Crippen LogP contribution is -2.16. The number of carboxylic acids is 1. The number of ether oxygens (including phenoxy) is 1. The van der Waals surface area contributed by atoms with E-state index < -0.39 is 61.7 Å². The first-order chi connectivity index (χ1) is 14.3. The van der Waals surface area contributed by atoms with Crippen LogP contribution in [0.5, 0.6) is 5.75 Å². The Bertz CT molecular complexity index is 929. The summed E-state index contributed by atoms with van der Waals surface area (Å²) in [7, 11) is 0. The van der Waals surface area contributed by atoms with Crippen molar-refractivity contribution in [3.05, 3.63) is 29.1 Å². The maximum Gasteiger partial charge on any atom is 0.338 e. The first-order valence-corrected chi connectivity index (χ1v) is 6.47. The van der Waals surface area contributed by atoms with E-state index in [-0.39, 0.29) is 17.2 Å². The van der Waals surface area contributed by atoms with Gasteiger partial charge in [0.05, 0.1) is 12.2 Å². The molecular formula is C17H21FO3. The molecule has 0 aliphatic heterocycles. The zero-order valence-electron chi connectivity index (χ0n) is 22.0. The molecule has 0 atom stereocenters. The summed E-state index contributed by atoms with van der Waals surface area (Å²) in [5.74, 6) is -6.51. The predicted octanol–water partition coefficient (Wildman–Crippen LogP) is 4.36. The van der Waals surface area contributed by atoms with Gasteiger partial charge in [-0.3, -0.25) is 0 Å². The third-order valence-corrected chi connectivity index (χ3v) is 3.27. The molecular weight excluding hydrogens is 271 g/mol. The summed E-state index contributed by atoms with van der Waals surface area (Å²) in [6.07, 6.45) is -16.8. The lowest BCUT2D eigenvalue weighted by Gasteiger charge is -2.22. The summed E-state index contributed by atoms with van der Waals surface area (Å²) in [6.45, 7) is -1.28. The molecule has 0 saturated heterocycles. The molecule has 114 valence electrons. The van der Waals surface area contributed by atoms with Gasteiger partial charge in [0.25, 0.3) is 0 Å². The van der Waals surface area contributed by atoms with Crippen LogP contribution in [-0.4, -0.2) is 17.7 Å². The van der Waals surface area contributed by atoms with Crippen LogP contribution < -0.4 is 4.74 Å². The van der Waals surface area contributed by atoms with E-state index in [1.54, 1.807) is 0 Å². The fraction of sp³-hybridized carbons (Fsp3) is 0.588. The number of halogens is 1. The van der Waals surface area contributed by atoms with Crippen molar-refractivity contribution in [2.24, 2.45) is 5.89 Å². The van der Waals surface area contributed by atoms with Gasteiger partial charge in [0.1, 0.15) is 11.6 Å². The van der Waals surface area contributed by atoms with Crippen LogP contribution in [0, 0.1) is 11.7 Å². The minimum Gasteiger partial charge on any atom is -0.493 e. The molecule has 4 heteroatoms. The van der Waals surface area contributed by atoms with E-state index in [0.717, 1.165) is 6.07 Å². The molecule has 1 aromatic carbocycles. The average molecular weight is 303 g/mol. The van der Waals surface area contributed by atoms with Crippen molar-refractivity contribution in [3.63, 3.8) is 0 Å². The number of aromatic carboxylic acids is 1. The fourth-order valence-corrected chi connectivity index (χ4v) is 2.07. The lowest BCUT2D eigenvalue weighted by atomic mass is 9.90. The number of carboxylic acid groups (broad SMARTS) is 1. The minimum atomic E-state index is -3.65. The van der Waals surface area contributed by atoms with Gasteiger partial charge < -0.3 is 9.84 Å². The van der Waals surface area contributed by atoms with E-state index in [2.05, 4.69) is 0 Å². The normalized spacial score (nSPS) is 40.7. The van der Waals surface area contributed by atoms with Gasteiger partial charge in [-0.1, -0.05) is 19.1 Å². The number of hydrogen-bond acceptors (Lipinski definition) is 2. The van der Waals surface area contributed by atoms with E-state index in [4.69, 9.17) is 24.9 Å². The van der Waals surface area contributed by atoms with Crippen LogP contribution in [0.15, 0.2) is 12.1 Å². The van der Waals surface area contributed by atoms with Gasteiger partial charge in [-0.25, -0.2) is 9.18 Å². The first-order valence-electron chi connectivity index (χ1n) is 12.0. The highest BCUT2D eigenvalue weighted by Crippen LogP contribution is 2.45.